The van der Waals surface area contributed by atoms with Crippen LogP contribution in [0.1, 0.15) is 25.7 Å². The van der Waals surface area contributed by atoms with Crippen LogP contribution >= 0.6 is 0 Å². The van der Waals surface area contributed by atoms with Gasteiger partial charge in [-0.2, -0.15) is 0 Å². The number of hydrogen-bond acceptors (Lipinski definition) is 4. The van der Waals surface area contributed by atoms with Crippen molar-refractivity contribution >= 4 is 17.5 Å². The molecule has 0 saturated carbocycles. The van der Waals surface area contributed by atoms with E-state index in [2.05, 4.69) is 15.5 Å². The Labute approximate surface area is 153 Å². The van der Waals surface area contributed by atoms with Gasteiger partial charge in [0.05, 0.1) is 0 Å². The third-order valence-electron chi connectivity index (χ3n) is 5.08. The van der Waals surface area contributed by atoms with Gasteiger partial charge >= 0.3 is 0 Å². The van der Waals surface area contributed by atoms with E-state index in [1.54, 1.807) is 12.1 Å². The second-order valence-corrected chi connectivity index (χ2v) is 6.94. The van der Waals surface area contributed by atoms with Crippen molar-refractivity contribution in [1.29, 1.82) is 0 Å². The molecule has 2 saturated heterocycles. The van der Waals surface area contributed by atoms with Crippen LogP contribution in [0.4, 0.5) is 10.1 Å². The molecule has 2 aliphatic heterocycles. The maximum atomic E-state index is 13.0. The lowest BCUT2D eigenvalue weighted by Gasteiger charge is -2.36. The minimum Gasteiger partial charge on any atom is -0.368 e. The third kappa shape index (κ3) is 5.17. The van der Waals surface area contributed by atoms with Crippen LogP contribution < -0.4 is 15.5 Å². The Morgan fingerprint density at radius 1 is 1.15 bits per heavy atom. The highest BCUT2D eigenvalue weighted by Crippen LogP contribution is 2.17. The molecular weight excluding hydrogens is 335 g/mol. The van der Waals surface area contributed by atoms with Gasteiger partial charge in [-0.15, -0.1) is 0 Å². The molecule has 2 N–H and O–H groups in total. The monoisotopic (exact) mass is 362 g/mol. The van der Waals surface area contributed by atoms with Crippen molar-refractivity contribution in [3.05, 3.63) is 30.1 Å². The van der Waals surface area contributed by atoms with Gasteiger partial charge in [-0.3, -0.25) is 9.59 Å². The van der Waals surface area contributed by atoms with Crippen molar-refractivity contribution in [3.8, 4) is 0 Å². The van der Waals surface area contributed by atoms with E-state index in [1.807, 2.05) is 4.90 Å². The Kier molecular flexibility index (Phi) is 6.44. The van der Waals surface area contributed by atoms with E-state index in [0.29, 0.717) is 32.5 Å². The fourth-order valence-corrected chi connectivity index (χ4v) is 3.56. The van der Waals surface area contributed by atoms with Crippen molar-refractivity contribution in [1.82, 2.24) is 15.5 Å². The largest absolute Gasteiger partial charge is 0.368 e. The maximum Gasteiger partial charge on any atom is 0.224 e. The first-order valence-electron chi connectivity index (χ1n) is 9.40. The lowest BCUT2D eigenvalue weighted by molar-refractivity contribution is -0.131. The fourth-order valence-electron chi connectivity index (χ4n) is 3.56. The fraction of sp³-hybridized carbons (Fsp3) is 0.579. The second kappa shape index (κ2) is 8.98. The van der Waals surface area contributed by atoms with Crippen molar-refractivity contribution in [2.24, 2.45) is 0 Å². The molecule has 0 bridgehead atoms. The summed E-state index contributed by atoms with van der Waals surface area (Å²) in [7, 11) is 0. The van der Waals surface area contributed by atoms with E-state index in [9.17, 15) is 14.0 Å². The van der Waals surface area contributed by atoms with Crippen molar-refractivity contribution in [2.45, 2.75) is 31.7 Å². The average Bonchev–Trinajstić information content (AvgIpc) is 3.15. The van der Waals surface area contributed by atoms with Crippen molar-refractivity contribution in [2.75, 3.05) is 44.2 Å². The summed E-state index contributed by atoms with van der Waals surface area (Å²) in [5.74, 6) is -0.158. The summed E-state index contributed by atoms with van der Waals surface area (Å²) in [5.41, 5.74) is 0.978. The number of piperazine rings is 1. The second-order valence-electron chi connectivity index (χ2n) is 6.94. The molecule has 0 aliphatic carbocycles. The molecule has 2 amide bonds. The van der Waals surface area contributed by atoms with Gasteiger partial charge in [0.15, 0.2) is 0 Å². The molecular formula is C19H27FN4O2. The highest BCUT2D eigenvalue weighted by Gasteiger charge is 2.22. The quantitative estimate of drug-likeness (QED) is 0.796. The zero-order valence-corrected chi connectivity index (χ0v) is 15.0. The first-order chi connectivity index (χ1) is 12.6. The molecule has 1 unspecified atom stereocenters. The molecule has 1 atom stereocenters. The molecule has 142 valence electrons. The van der Waals surface area contributed by atoms with Crippen LogP contribution in [0.2, 0.25) is 0 Å². The molecule has 0 aromatic heterocycles. The van der Waals surface area contributed by atoms with E-state index < -0.39 is 0 Å². The number of amides is 2. The Balaban J connectivity index is 1.34. The summed E-state index contributed by atoms with van der Waals surface area (Å²) in [5, 5.41) is 6.14. The van der Waals surface area contributed by atoms with E-state index in [1.165, 1.54) is 12.1 Å². The zero-order chi connectivity index (χ0) is 18.4. The Morgan fingerprint density at radius 2 is 1.88 bits per heavy atom. The maximum absolute atomic E-state index is 13.0. The van der Waals surface area contributed by atoms with Gasteiger partial charge in [0.1, 0.15) is 5.82 Å². The Morgan fingerprint density at radius 3 is 2.54 bits per heavy atom. The molecule has 3 rings (SSSR count). The summed E-state index contributed by atoms with van der Waals surface area (Å²) in [4.78, 5) is 28.2. The number of nitrogens with zero attached hydrogens (tertiary/aromatic N) is 2. The van der Waals surface area contributed by atoms with Gasteiger partial charge in [-0.1, -0.05) is 0 Å². The topological polar surface area (TPSA) is 64.7 Å². The van der Waals surface area contributed by atoms with Gasteiger partial charge in [0.2, 0.25) is 11.8 Å². The predicted octanol–water partition coefficient (Wildman–Crippen LogP) is 1.12. The van der Waals surface area contributed by atoms with E-state index in [4.69, 9.17) is 0 Å². The summed E-state index contributed by atoms with van der Waals surface area (Å²) in [6, 6.07) is 6.72. The minimum atomic E-state index is -0.242. The molecule has 6 nitrogen and oxygen atoms in total. The molecule has 7 heteroatoms. The average molecular weight is 362 g/mol. The van der Waals surface area contributed by atoms with Crippen LogP contribution in [0.5, 0.6) is 0 Å². The summed E-state index contributed by atoms with van der Waals surface area (Å²) in [6.07, 6.45) is 3.00. The molecule has 2 heterocycles. The standard InChI is InChI=1S/C19H27FN4O2/c20-15-3-5-17(6-4-15)23-10-12-24(13-11-23)19(26)7-9-22-18(25)14-16-2-1-8-21-16/h3-6,16,21H,1-2,7-14H2,(H,22,25). The zero-order valence-electron chi connectivity index (χ0n) is 15.0. The van der Waals surface area contributed by atoms with Crippen LogP contribution in [0, 0.1) is 5.82 Å². The number of carbonyl (C=O) groups excluding carboxylic acids is 2. The number of halogens is 1. The SMILES string of the molecule is O=C(CC1CCCN1)NCCC(=O)N1CCN(c2ccc(F)cc2)CC1. The van der Waals surface area contributed by atoms with Crippen LogP contribution in [0.25, 0.3) is 0 Å². The summed E-state index contributed by atoms with van der Waals surface area (Å²) in [6.45, 7) is 4.14. The number of hydrogen-bond donors (Lipinski definition) is 2. The Hall–Kier alpha value is -2.15. The predicted molar refractivity (Wildman–Crippen MR) is 98.5 cm³/mol. The summed E-state index contributed by atoms with van der Waals surface area (Å²) >= 11 is 0. The van der Waals surface area contributed by atoms with Crippen LogP contribution in [0.3, 0.4) is 0 Å². The van der Waals surface area contributed by atoms with Gasteiger partial charge in [-0.25, -0.2) is 4.39 Å². The van der Waals surface area contributed by atoms with Crippen LogP contribution in [0.15, 0.2) is 24.3 Å². The highest BCUT2D eigenvalue weighted by molar-refractivity contribution is 5.79. The van der Waals surface area contributed by atoms with Gasteiger partial charge in [0.25, 0.3) is 0 Å². The molecule has 2 fully saturated rings. The number of carbonyl (C=O) groups is 2. The van der Waals surface area contributed by atoms with Crippen molar-refractivity contribution in [3.63, 3.8) is 0 Å². The molecule has 0 spiro atoms. The van der Waals surface area contributed by atoms with Gasteiger partial charge < -0.3 is 20.4 Å². The van der Waals surface area contributed by atoms with Crippen LogP contribution in [-0.2, 0) is 9.59 Å². The van der Waals surface area contributed by atoms with Gasteiger partial charge in [0, 0.05) is 57.3 Å². The first kappa shape index (κ1) is 18.6. The Bertz CT molecular complexity index is 608. The molecule has 2 aliphatic rings. The summed E-state index contributed by atoms with van der Waals surface area (Å²) < 4.78 is 13.0. The van der Waals surface area contributed by atoms with Gasteiger partial charge in [-0.05, 0) is 43.7 Å². The number of rotatable bonds is 6. The molecule has 1 aromatic carbocycles. The van der Waals surface area contributed by atoms with Crippen LogP contribution in [-0.4, -0.2) is 62.0 Å². The van der Waals surface area contributed by atoms with E-state index in [0.717, 1.165) is 38.2 Å². The molecule has 26 heavy (non-hydrogen) atoms. The number of benzene rings is 1. The highest BCUT2D eigenvalue weighted by atomic mass is 19.1. The minimum absolute atomic E-state index is 0.0123. The number of anilines is 1. The lowest BCUT2D eigenvalue weighted by Crippen LogP contribution is -2.49. The normalized spacial score (nSPS) is 20.3. The third-order valence-corrected chi connectivity index (χ3v) is 5.08. The first-order valence-corrected chi connectivity index (χ1v) is 9.40. The van der Waals surface area contributed by atoms with E-state index >= 15 is 0 Å². The smallest absolute Gasteiger partial charge is 0.224 e. The van der Waals surface area contributed by atoms with Crippen molar-refractivity contribution < 1.29 is 14.0 Å². The number of nitrogens with one attached hydrogen (secondary N) is 2. The lowest BCUT2D eigenvalue weighted by atomic mass is 10.1. The van der Waals surface area contributed by atoms with E-state index in [-0.39, 0.29) is 23.7 Å². The molecule has 0 radical (unpaired) electrons. The molecule has 1 aromatic rings.